The Morgan fingerprint density at radius 1 is 1.47 bits per heavy atom. The van der Waals surface area contributed by atoms with Crippen LogP contribution in [0, 0.1) is 0 Å². The van der Waals surface area contributed by atoms with Crippen molar-refractivity contribution >= 4 is 23.5 Å². The molecule has 2 unspecified atom stereocenters. The Morgan fingerprint density at radius 3 is 2.89 bits per heavy atom. The highest BCUT2D eigenvalue weighted by atomic mass is 32.1. The SMILES string of the molecule is CCC(C)N1CCC(c2ccc(C=O)s2)CCC1=O. The highest BCUT2D eigenvalue weighted by molar-refractivity contribution is 7.13. The number of aldehydes is 1. The van der Waals surface area contributed by atoms with Gasteiger partial charge in [-0.25, -0.2) is 0 Å². The Labute approximate surface area is 118 Å². The van der Waals surface area contributed by atoms with Gasteiger partial charge in [0.05, 0.1) is 4.88 Å². The normalized spacial score (nSPS) is 22.1. The van der Waals surface area contributed by atoms with E-state index in [1.165, 1.54) is 4.88 Å². The molecule has 104 valence electrons. The summed E-state index contributed by atoms with van der Waals surface area (Å²) in [4.78, 5) is 26.9. The Kier molecular flexibility index (Phi) is 4.75. The van der Waals surface area contributed by atoms with Gasteiger partial charge in [-0.05, 0) is 44.2 Å². The zero-order chi connectivity index (χ0) is 13.8. The molecule has 3 nitrogen and oxygen atoms in total. The number of hydrogen-bond acceptors (Lipinski definition) is 3. The average Bonchev–Trinajstić information content (AvgIpc) is 2.82. The van der Waals surface area contributed by atoms with Gasteiger partial charge in [-0.15, -0.1) is 11.3 Å². The van der Waals surface area contributed by atoms with Gasteiger partial charge in [0.1, 0.15) is 0 Å². The second-order valence-electron chi connectivity index (χ2n) is 5.23. The quantitative estimate of drug-likeness (QED) is 0.792. The predicted octanol–water partition coefficient (Wildman–Crippen LogP) is 3.46. The first kappa shape index (κ1) is 14.3. The van der Waals surface area contributed by atoms with Crippen LogP contribution < -0.4 is 0 Å². The van der Waals surface area contributed by atoms with Crippen molar-refractivity contribution in [3.8, 4) is 0 Å². The van der Waals surface area contributed by atoms with Crippen LogP contribution in [-0.2, 0) is 4.79 Å². The molecule has 2 heterocycles. The molecule has 4 heteroatoms. The summed E-state index contributed by atoms with van der Waals surface area (Å²) in [5.74, 6) is 0.709. The maximum atomic E-state index is 12.1. The number of amides is 1. The first-order valence-electron chi connectivity index (χ1n) is 7.00. The predicted molar refractivity (Wildman–Crippen MR) is 77.8 cm³/mol. The van der Waals surface area contributed by atoms with E-state index in [1.54, 1.807) is 11.3 Å². The molecule has 1 aromatic heterocycles. The summed E-state index contributed by atoms with van der Waals surface area (Å²) >= 11 is 1.57. The Hall–Kier alpha value is -1.16. The molecule has 0 saturated carbocycles. The highest BCUT2D eigenvalue weighted by Crippen LogP contribution is 2.33. The van der Waals surface area contributed by atoms with E-state index < -0.39 is 0 Å². The summed E-state index contributed by atoms with van der Waals surface area (Å²) in [6.45, 7) is 5.08. The van der Waals surface area contributed by atoms with Crippen LogP contribution in [-0.4, -0.2) is 29.7 Å². The highest BCUT2D eigenvalue weighted by Gasteiger charge is 2.26. The van der Waals surface area contributed by atoms with Crippen LogP contribution in [0.25, 0.3) is 0 Å². The molecule has 1 aliphatic rings. The molecule has 2 rings (SSSR count). The number of carbonyl (C=O) groups excluding carboxylic acids is 2. The number of carbonyl (C=O) groups is 2. The van der Waals surface area contributed by atoms with E-state index in [-0.39, 0.29) is 5.91 Å². The van der Waals surface area contributed by atoms with Gasteiger partial charge >= 0.3 is 0 Å². The first-order valence-corrected chi connectivity index (χ1v) is 7.81. The molecule has 1 fully saturated rings. The van der Waals surface area contributed by atoms with Crippen LogP contribution in [0.3, 0.4) is 0 Å². The van der Waals surface area contributed by atoms with E-state index in [4.69, 9.17) is 0 Å². The van der Waals surface area contributed by atoms with Crippen molar-refractivity contribution in [2.75, 3.05) is 6.54 Å². The molecule has 0 radical (unpaired) electrons. The topological polar surface area (TPSA) is 37.4 Å². The van der Waals surface area contributed by atoms with Gasteiger partial charge in [0, 0.05) is 23.9 Å². The van der Waals surface area contributed by atoms with Crippen LogP contribution in [0.5, 0.6) is 0 Å². The molecular formula is C15H21NO2S. The second-order valence-corrected chi connectivity index (χ2v) is 6.37. The Bertz CT molecular complexity index is 455. The molecular weight excluding hydrogens is 258 g/mol. The monoisotopic (exact) mass is 279 g/mol. The molecule has 1 aliphatic heterocycles. The maximum absolute atomic E-state index is 12.1. The molecule has 0 aromatic carbocycles. The summed E-state index contributed by atoms with van der Waals surface area (Å²) in [5, 5.41) is 0. The summed E-state index contributed by atoms with van der Waals surface area (Å²) in [6, 6.07) is 4.26. The molecule has 19 heavy (non-hydrogen) atoms. The van der Waals surface area contributed by atoms with Gasteiger partial charge in [0.15, 0.2) is 6.29 Å². The lowest BCUT2D eigenvalue weighted by Crippen LogP contribution is -2.37. The third-order valence-electron chi connectivity index (χ3n) is 4.03. The van der Waals surface area contributed by atoms with Crippen molar-refractivity contribution in [1.29, 1.82) is 0 Å². The number of thiophene rings is 1. The van der Waals surface area contributed by atoms with Crippen molar-refractivity contribution in [3.63, 3.8) is 0 Å². The molecule has 0 spiro atoms. The van der Waals surface area contributed by atoms with Crippen molar-refractivity contribution in [2.45, 2.75) is 51.5 Å². The fourth-order valence-electron chi connectivity index (χ4n) is 2.63. The maximum Gasteiger partial charge on any atom is 0.222 e. The molecule has 0 aliphatic carbocycles. The van der Waals surface area contributed by atoms with Crippen LogP contribution >= 0.6 is 11.3 Å². The molecule has 1 saturated heterocycles. The molecule has 2 atom stereocenters. The van der Waals surface area contributed by atoms with Crippen molar-refractivity contribution in [2.24, 2.45) is 0 Å². The zero-order valence-corrected chi connectivity index (χ0v) is 12.4. The van der Waals surface area contributed by atoms with Crippen LogP contribution in [0.15, 0.2) is 12.1 Å². The van der Waals surface area contributed by atoms with Crippen molar-refractivity contribution in [1.82, 2.24) is 4.90 Å². The van der Waals surface area contributed by atoms with E-state index in [0.717, 1.165) is 37.0 Å². The standard InChI is InChI=1S/C15H21NO2S/c1-3-11(2)16-9-8-12(4-7-15(16)18)14-6-5-13(10-17)19-14/h5-6,10-12H,3-4,7-9H2,1-2H3. The van der Waals surface area contributed by atoms with Gasteiger partial charge in [0.25, 0.3) is 0 Å². The lowest BCUT2D eigenvalue weighted by Gasteiger charge is -2.27. The third-order valence-corrected chi connectivity index (χ3v) is 5.21. The number of likely N-dealkylation sites (tertiary alicyclic amines) is 1. The average molecular weight is 279 g/mol. The summed E-state index contributed by atoms with van der Waals surface area (Å²) in [7, 11) is 0. The van der Waals surface area contributed by atoms with Crippen molar-refractivity contribution < 1.29 is 9.59 Å². The van der Waals surface area contributed by atoms with E-state index in [9.17, 15) is 9.59 Å². The van der Waals surface area contributed by atoms with Gasteiger partial charge in [-0.1, -0.05) is 6.92 Å². The van der Waals surface area contributed by atoms with Gasteiger partial charge in [-0.3, -0.25) is 9.59 Å². The minimum Gasteiger partial charge on any atom is -0.340 e. The fraction of sp³-hybridized carbons (Fsp3) is 0.600. The number of rotatable bonds is 4. The molecule has 1 amide bonds. The van der Waals surface area contributed by atoms with E-state index in [0.29, 0.717) is 18.4 Å². The Morgan fingerprint density at radius 2 is 2.26 bits per heavy atom. The van der Waals surface area contributed by atoms with Crippen LogP contribution in [0.4, 0.5) is 0 Å². The minimum absolute atomic E-state index is 0.281. The number of hydrogen-bond donors (Lipinski definition) is 0. The molecule has 0 bridgehead atoms. The summed E-state index contributed by atoms with van der Waals surface area (Å²) in [6.07, 6.45) is 4.45. The van der Waals surface area contributed by atoms with Gasteiger partial charge in [-0.2, -0.15) is 0 Å². The molecule has 1 aromatic rings. The largest absolute Gasteiger partial charge is 0.340 e. The van der Waals surface area contributed by atoms with Gasteiger partial charge in [0.2, 0.25) is 5.91 Å². The molecule has 0 N–H and O–H groups in total. The Balaban J connectivity index is 2.07. The fourth-order valence-corrected chi connectivity index (χ4v) is 3.62. The van der Waals surface area contributed by atoms with Crippen LogP contribution in [0.2, 0.25) is 0 Å². The second kappa shape index (κ2) is 6.33. The smallest absolute Gasteiger partial charge is 0.222 e. The van der Waals surface area contributed by atoms with Crippen molar-refractivity contribution in [3.05, 3.63) is 21.9 Å². The van der Waals surface area contributed by atoms with E-state index in [2.05, 4.69) is 13.8 Å². The minimum atomic E-state index is 0.281. The van der Waals surface area contributed by atoms with E-state index in [1.807, 2.05) is 17.0 Å². The summed E-state index contributed by atoms with van der Waals surface area (Å²) < 4.78 is 0. The lowest BCUT2D eigenvalue weighted by molar-refractivity contribution is -0.132. The van der Waals surface area contributed by atoms with E-state index >= 15 is 0 Å². The number of nitrogens with zero attached hydrogens (tertiary/aromatic N) is 1. The zero-order valence-electron chi connectivity index (χ0n) is 11.6. The first-order chi connectivity index (χ1) is 9.15. The summed E-state index contributed by atoms with van der Waals surface area (Å²) in [5.41, 5.74) is 0. The lowest BCUT2D eigenvalue weighted by atomic mass is 9.99. The van der Waals surface area contributed by atoms with Gasteiger partial charge < -0.3 is 4.90 Å². The third kappa shape index (κ3) is 3.24. The van der Waals surface area contributed by atoms with Crippen LogP contribution in [0.1, 0.15) is 60.0 Å².